The first-order valence-corrected chi connectivity index (χ1v) is 15.2. The molecule has 232 valence electrons. The largest absolute Gasteiger partial charge is 0.490 e. The van der Waals surface area contributed by atoms with E-state index >= 15 is 0 Å². The number of esters is 2. The van der Waals surface area contributed by atoms with E-state index in [1.54, 1.807) is 50.3 Å². The fourth-order valence-electron chi connectivity index (χ4n) is 4.89. The van der Waals surface area contributed by atoms with Crippen molar-refractivity contribution in [2.45, 2.75) is 26.8 Å². The Balaban J connectivity index is 1.67. The maximum absolute atomic E-state index is 14.1. The third-order valence-corrected chi connectivity index (χ3v) is 7.76. The van der Waals surface area contributed by atoms with Crippen LogP contribution < -0.4 is 24.4 Å². The molecule has 1 atom stereocenters. The molecule has 0 aliphatic carbocycles. The molecule has 9 nitrogen and oxygen atoms in total. The van der Waals surface area contributed by atoms with Crippen molar-refractivity contribution in [1.82, 2.24) is 4.57 Å². The van der Waals surface area contributed by atoms with Gasteiger partial charge in [-0.25, -0.2) is 19.0 Å². The van der Waals surface area contributed by atoms with Crippen molar-refractivity contribution in [2.24, 2.45) is 4.99 Å². The van der Waals surface area contributed by atoms with Crippen LogP contribution in [0.2, 0.25) is 0 Å². The summed E-state index contributed by atoms with van der Waals surface area (Å²) in [7, 11) is 0. The maximum Gasteiger partial charge on any atom is 0.344 e. The second-order valence-corrected chi connectivity index (χ2v) is 10.7. The number of carbonyl (C=O) groups excluding carboxylic acids is 2. The number of nitrogens with zero attached hydrogens (tertiary/aromatic N) is 2. The summed E-state index contributed by atoms with van der Waals surface area (Å²) >= 11 is 1.16. The molecule has 1 aliphatic rings. The predicted molar refractivity (Wildman–Crippen MR) is 167 cm³/mol. The molecular formula is C34H31FN2O7S. The minimum Gasteiger partial charge on any atom is -0.490 e. The van der Waals surface area contributed by atoms with Crippen molar-refractivity contribution in [3.8, 4) is 11.5 Å². The van der Waals surface area contributed by atoms with Crippen LogP contribution in [-0.2, 0) is 19.1 Å². The van der Waals surface area contributed by atoms with E-state index in [0.29, 0.717) is 49.8 Å². The van der Waals surface area contributed by atoms with Crippen molar-refractivity contribution in [2.75, 3.05) is 26.4 Å². The fraction of sp³-hybridized carbons (Fsp3) is 0.235. The summed E-state index contributed by atoms with van der Waals surface area (Å²) in [5.41, 5.74) is 2.00. The van der Waals surface area contributed by atoms with Gasteiger partial charge in [-0.3, -0.25) is 9.36 Å². The predicted octanol–water partition coefficient (Wildman–Crippen LogP) is 4.42. The molecule has 0 N–H and O–H groups in total. The zero-order chi connectivity index (χ0) is 31.9. The number of ether oxygens (including phenoxy) is 4. The lowest BCUT2D eigenvalue weighted by atomic mass is 9.93. The minimum atomic E-state index is -0.920. The number of halogens is 1. The van der Waals surface area contributed by atoms with Crippen LogP contribution in [0, 0.1) is 5.82 Å². The molecule has 45 heavy (non-hydrogen) atoms. The zero-order valence-electron chi connectivity index (χ0n) is 24.9. The van der Waals surface area contributed by atoms with E-state index in [0.717, 1.165) is 11.3 Å². The molecule has 4 aromatic rings. The molecule has 2 heterocycles. The molecule has 0 radical (unpaired) electrons. The zero-order valence-corrected chi connectivity index (χ0v) is 25.8. The molecule has 5 rings (SSSR count). The summed E-state index contributed by atoms with van der Waals surface area (Å²) in [6.45, 7) is 5.66. The second-order valence-electron chi connectivity index (χ2n) is 9.72. The Morgan fingerprint density at radius 3 is 2.33 bits per heavy atom. The van der Waals surface area contributed by atoms with Gasteiger partial charge in [0.2, 0.25) is 0 Å². The summed E-state index contributed by atoms with van der Waals surface area (Å²) in [4.78, 5) is 44.6. The lowest BCUT2D eigenvalue weighted by Gasteiger charge is -2.25. The van der Waals surface area contributed by atoms with Crippen molar-refractivity contribution < 1.29 is 32.9 Å². The maximum atomic E-state index is 14.1. The second kappa shape index (κ2) is 14.2. The highest BCUT2D eigenvalue weighted by Gasteiger charge is 2.35. The standard InChI is InChI=1S/C34H31FN2O7S/c1-4-41-26-18-21(12-17-25(26)44-20-28(38)42-5-2)19-27-32(39)37-31(23-13-15-24(35)16-14-23)29(33(40)43-6-3)30(36-34(37)45-27)22-10-8-7-9-11-22/h7-19,31H,4-6,20H2,1-3H3/t31-/m0/s1. The van der Waals surface area contributed by atoms with Gasteiger partial charge in [0, 0.05) is 5.56 Å². The SMILES string of the molecule is CCOC(=O)COc1ccc(C=c2sc3n(c2=O)[C@@H](c2ccc(F)cc2)C(C(=O)OCC)=C(c2ccccc2)N=3)cc1OCC. The van der Waals surface area contributed by atoms with Gasteiger partial charge in [-0.1, -0.05) is 59.9 Å². The highest BCUT2D eigenvalue weighted by atomic mass is 32.1. The number of aromatic nitrogens is 1. The van der Waals surface area contributed by atoms with Gasteiger partial charge in [0.25, 0.3) is 5.56 Å². The van der Waals surface area contributed by atoms with E-state index in [4.69, 9.17) is 23.9 Å². The Morgan fingerprint density at radius 1 is 0.911 bits per heavy atom. The number of fused-ring (bicyclic) bond motifs is 1. The monoisotopic (exact) mass is 630 g/mol. The van der Waals surface area contributed by atoms with Gasteiger partial charge >= 0.3 is 11.9 Å². The number of carbonyl (C=O) groups is 2. The molecule has 0 saturated heterocycles. The molecule has 11 heteroatoms. The molecule has 1 aliphatic heterocycles. The van der Waals surface area contributed by atoms with E-state index in [-0.39, 0.29) is 31.0 Å². The van der Waals surface area contributed by atoms with Crippen LogP contribution in [0.15, 0.2) is 88.2 Å². The van der Waals surface area contributed by atoms with Gasteiger partial charge in [-0.2, -0.15) is 0 Å². The van der Waals surface area contributed by atoms with Crippen LogP contribution in [0.25, 0.3) is 11.8 Å². The smallest absolute Gasteiger partial charge is 0.344 e. The molecule has 1 aromatic heterocycles. The van der Waals surface area contributed by atoms with Gasteiger partial charge < -0.3 is 18.9 Å². The Hall–Kier alpha value is -5.03. The Morgan fingerprint density at radius 2 is 1.64 bits per heavy atom. The summed E-state index contributed by atoms with van der Waals surface area (Å²) in [6, 6.07) is 19.0. The van der Waals surface area contributed by atoms with E-state index in [1.807, 2.05) is 37.3 Å². The van der Waals surface area contributed by atoms with Crippen LogP contribution in [-0.4, -0.2) is 42.9 Å². The van der Waals surface area contributed by atoms with Gasteiger partial charge in [-0.05, 0) is 62.2 Å². The van der Waals surface area contributed by atoms with Crippen LogP contribution >= 0.6 is 11.3 Å². The summed E-state index contributed by atoms with van der Waals surface area (Å²) < 4.78 is 37.5. The normalized spacial score (nSPS) is 14.4. The molecular weight excluding hydrogens is 599 g/mol. The number of rotatable bonds is 11. The fourth-order valence-corrected chi connectivity index (χ4v) is 5.89. The number of benzene rings is 3. The van der Waals surface area contributed by atoms with Crippen molar-refractivity contribution in [1.29, 1.82) is 0 Å². The summed E-state index contributed by atoms with van der Waals surface area (Å²) in [5, 5.41) is 0. The average Bonchev–Trinajstić information content (AvgIpc) is 3.35. The molecule has 0 saturated carbocycles. The number of hydrogen-bond acceptors (Lipinski definition) is 9. The molecule has 0 fully saturated rings. The van der Waals surface area contributed by atoms with Gasteiger partial charge in [0.15, 0.2) is 22.9 Å². The number of hydrogen-bond donors (Lipinski definition) is 0. The van der Waals surface area contributed by atoms with Crippen LogP contribution in [0.5, 0.6) is 11.5 Å². The van der Waals surface area contributed by atoms with Crippen molar-refractivity contribution in [3.05, 3.63) is 121 Å². The van der Waals surface area contributed by atoms with E-state index in [9.17, 15) is 18.8 Å². The lowest BCUT2D eigenvalue weighted by molar-refractivity contribution is -0.145. The van der Waals surface area contributed by atoms with E-state index in [2.05, 4.69) is 0 Å². The summed E-state index contributed by atoms with van der Waals surface area (Å²) in [6.07, 6.45) is 1.69. The molecule has 0 unspecified atom stereocenters. The molecule has 0 amide bonds. The molecule has 0 bridgehead atoms. The Labute approximate surface area is 262 Å². The van der Waals surface area contributed by atoms with Crippen LogP contribution in [0.3, 0.4) is 0 Å². The Kier molecular flexibility index (Phi) is 9.89. The van der Waals surface area contributed by atoms with Gasteiger partial charge in [0.1, 0.15) is 5.82 Å². The summed E-state index contributed by atoms with van der Waals surface area (Å²) in [5.74, 6) is -0.827. The number of thiazole rings is 1. The van der Waals surface area contributed by atoms with Crippen molar-refractivity contribution >= 4 is 35.0 Å². The highest BCUT2D eigenvalue weighted by molar-refractivity contribution is 7.07. The third-order valence-electron chi connectivity index (χ3n) is 6.78. The van der Waals surface area contributed by atoms with E-state index < -0.39 is 23.8 Å². The molecule has 3 aromatic carbocycles. The van der Waals surface area contributed by atoms with Crippen molar-refractivity contribution in [3.63, 3.8) is 0 Å². The topological polar surface area (TPSA) is 105 Å². The first kappa shape index (κ1) is 31.4. The van der Waals surface area contributed by atoms with Gasteiger partial charge in [0.05, 0.1) is 41.7 Å². The van der Waals surface area contributed by atoms with Crippen LogP contribution in [0.4, 0.5) is 4.39 Å². The molecule has 0 spiro atoms. The third kappa shape index (κ3) is 6.88. The highest BCUT2D eigenvalue weighted by Crippen LogP contribution is 2.35. The quantitative estimate of drug-likeness (QED) is 0.226. The minimum absolute atomic E-state index is 0.118. The lowest BCUT2D eigenvalue weighted by Crippen LogP contribution is -2.40. The van der Waals surface area contributed by atoms with E-state index in [1.165, 1.54) is 16.7 Å². The first-order valence-electron chi connectivity index (χ1n) is 14.4. The van der Waals surface area contributed by atoms with Crippen LogP contribution in [0.1, 0.15) is 43.5 Å². The first-order chi connectivity index (χ1) is 21.8. The Bertz CT molecular complexity index is 1910. The average molecular weight is 631 g/mol. The van der Waals surface area contributed by atoms with Gasteiger partial charge in [-0.15, -0.1) is 0 Å².